The molecule has 0 bridgehead atoms. The van der Waals surface area contributed by atoms with Crippen molar-refractivity contribution in [3.05, 3.63) is 23.8 Å². The van der Waals surface area contributed by atoms with Crippen molar-refractivity contribution in [1.29, 1.82) is 0 Å². The number of hydrogen-bond acceptors (Lipinski definition) is 4. The quantitative estimate of drug-likeness (QED) is 0.795. The monoisotopic (exact) mass is 250 g/mol. The molecule has 1 unspecified atom stereocenters. The van der Waals surface area contributed by atoms with Crippen molar-refractivity contribution in [3.63, 3.8) is 0 Å². The van der Waals surface area contributed by atoms with Crippen LogP contribution in [0.25, 0.3) is 0 Å². The number of hydrogen-bond donors (Lipinski definition) is 2. The number of nitrogens with zero attached hydrogens (tertiary/aromatic N) is 1. The number of methoxy groups -OCH3 is 1. The fourth-order valence-electron chi connectivity index (χ4n) is 2.60. The summed E-state index contributed by atoms with van der Waals surface area (Å²) in [6.07, 6.45) is 2.29. The van der Waals surface area contributed by atoms with E-state index in [0.29, 0.717) is 5.92 Å². The van der Waals surface area contributed by atoms with Crippen LogP contribution in [0.15, 0.2) is 18.2 Å². The minimum atomic E-state index is 0.288. The molecule has 0 aliphatic carbocycles. The van der Waals surface area contributed by atoms with Crippen molar-refractivity contribution in [2.45, 2.75) is 19.4 Å². The van der Waals surface area contributed by atoms with Crippen LogP contribution in [0.1, 0.15) is 18.4 Å². The fourth-order valence-corrected chi connectivity index (χ4v) is 2.60. The van der Waals surface area contributed by atoms with Gasteiger partial charge in [-0.25, -0.2) is 0 Å². The number of likely N-dealkylation sites (tertiary alicyclic amines) is 1. The lowest BCUT2D eigenvalue weighted by Crippen LogP contribution is -2.36. The van der Waals surface area contributed by atoms with Gasteiger partial charge in [-0.3, -0.25) is 4.90 Å². The third-order valence-corrected chi connectivity index (χ3v) is 3.49. The van der Waals surface area contributed by atoms with Gasteiger partial charge >= 0.3 is 0 Å². The molecule has 1 aliphatic rings. The molecule has 1 fully saturated rings. The maximum Gasteiger partial charge on any atom is 0.121 e. The van der Waals surface area contributed by atoms with Crippen molar-refractivity contribution in [3.8, 4) is 5.75 Å². The molecule has 2 rings (SSSR count). The maximum absolute atomic E-state index is 9.23. The van der Waals surface area contributed by atoms with Gasteiger partial charge in [0.1, 0.15) is 5.75 Å². The number of nitrogens with two attached hydrogens (primary N) is 1. The van der Waals surface area contributed by atoms with Crippen LogP contribution >= 0.6 is 0 Å². The van der Waals surface area contributed by atoms with Crippen molar-refractivity contribution >= 4 is 5.69 Å². The Morgan fingerprint density at radius 3 is 3.00 bits per heavy atom. The SMILES string of the molecule is COc1cc(N)cc(CN2CCCC(CO)C2)c1. The number of rotatable bonds is 4. The van der Waals surface area contributed by atoms with Crippen LogP contribution in [0, 0.1) is 5.92 Å². The molecule has 0 amide bonds. The number of nitrogen functional groups attached to an aromatic ring is 1. The molecule has 1 saturated heterocycles. The normalized spacial score (nSPS) is 20.9. The summed E-state index contributed by atoms with van der Waals surface area (Å²) in [5, 5.41) is 9.23. The topological polar surface area (TPSA) is 58.7 Å². The molecular formula is C14H22N2O2. The van der Waals surface area contributed by atoms with Crippen LogP contribution in [-0.2, 0) is 6.54 Å². The average molecular weight is 250 g/mol. The Labute approximate surface area is 108 Å². The van der Waals surface area contributed by atoms with E-state index in [1.54, 1.807) is 7.11 Å². The molecule has 0 spiro atoms. The third kappa shape index (κ3) is 3.37. The summed E-state index contributed by atoms with van der Waals surface area (Å²) in [4.78, 5) is 2.37. The van der Waals surface area contributed by atoms with Crippen LogP contribution in [0.2, 0.25) is 0 Å². The van der Waals surface area contributed by atoms with Gasteiger partial charge in [-0.15, -0.1) is 0 Å². The first-order valence-electron chi connectivity index (χ1n) is 6.48. The molecule has 4 heteroatoms. The summed E-state index contributed by atoms with van der Waals surface area (Å²) in [7, 11) is 1.65. The second-order valence-electron chi connectivity index (χ2n) is 5.04. The average Bonchev–Trinajstić information content (AvgIpc) is 2.38. The summed E-state index contributed by atoms with van der Waals surface area (Å²) in [5.41, 5.74) is 7.76. The summed E-state index contributed by atoms with van der Waals surface area (Å²) in [6, 6.07) is 5.85. The molecule has 1 heterocycles. The van der Waals surface area contributed by atoms with E-state index in [4.69, 9.17) is 10.5 Å². The molecule has 0 aromatic heterocycles. The Bertz CT molecular complexity index is 395. The van der Waals surface area contributed by atoms with E-state index in [1.165, 1.54) is 5.56 Å². The van der Waals surface area contributed by atoms with Gasteiger partial charge in [0, 0.05) is 31.5 Å². The standard InChI is InChI=1S/C14H22N2O2/c1-18-14-6-12(5-13(15)7-14)9-16-4-2-3-11(8-16)10-17/h5-7,11,17H,2-4,8-10,15H2,1H3. The smallest absolute Gasteiger partial charge is 0.121 e. The highest BCUT2D eigenvalue weighted by Crippen LogP contribution is 2.22. The zero-order valence-corrected chi connectivity index (χ0v) is 10.9. The van der Waals surface area contributed by atoms with E-state index in [-0.39, 0.29) is 6.61 Å². The molecule has 3 N–H and O–H groups in total. The number of piperidine rings is 1. The second kappa shape index (κ2) is 6.07. The van der Waals surface area contributed by atoms with Gasteiger partial charge in [0.25, 0.3) is 0 Å². The number of ether oxygens (including phenoxy) is 1. The molecule has 1 atom stereocenters. The van der Waals surface area contributed by atoms with E-state index in [2.05, 4.69) is 4.90 Å². The second-order valence-corrected chi connectivity index (χ2v) is 5.04. The molecule has 100 valence electrons. The molecule has 0 radical (unpaired) electrons. The maximum atomic E-state index is 9.23. The van der Waals surface area contributed by atoms with Crippen molar-refractivity contribution in [2.24, 2.45) is 5.92 Å². The Hall–Kier alpha value is -1.26. The van der Waals surface area contributed by atoms with Gasteiger partial charge in [-0.1, -0.05) is 0 Å². The van der Waals surface area contributed by atoms with Gasteiger partial charge in [0.15, 0.2) is 0 Å². The molecule has 18 heavy (non-hydrogen) atoms. The van der Waals surface area contributed by atoms with E-state index in [1.807, 2.05) is 18.2 Å². The molecule has 1 aliphatic heterocycles. The Morgan fingerprint density at radius 1 is 1.44 bits per heavy atom. The highest BCUT2D eigenvalue weighted by molar-refractivity contribution is 5.47. The van der Waals surface area contributed by atoms with Crippen molar-refractivity contribution in [1.82, 2.24) is 4.90 Å². The highest BCUT2D eigenvalue weighted by Gasteiger charge is 2.19. The van der Waals surface area contributed by atoms with E-state index >= 15 is 0 Å². The predicted molar refractivity (Wildman–Crippen MR) is 72.5 cm³/mol. The Balaban J connectivity index is 2.02. The van der Waals surface area contributed by atoms with Crippen molar-refractivity contribution < 1.29 is 9.84 Å². The molecule has 1 aromatic rings. The van der Waals surface area contributed by atoms with Gasteiger partial charge < -0.3 is 15.6 Å². The van der Waals surface area contributed by atoms with Crippen LogP contribution in [0.5, 0.6) is 5.75 Å². The van der Waals surface area contributed by atoms with E-state index < -0.39 is 0 Å². The first-order chi connectivity index (χ1) is 8.71. The number of aliphatic hydroxyl groups excluding tert-OH is 1. The lowest BCUT2D eigenvalue weighted by molar-refractivity contribution is 0.116. The van der Waals surface area contributed by atoms with Crippen LogP contribution in [0.3, 0.4) is 0 Å². The zero-order valence-electron chi connectivity index (χ0n) is 10.9. The van der Waals surface area contributed by atoms with Gasteiger partial charge in [-0.05, 0) is 43.0 Å². The zero-order chi connectivity index (χ0) is 13.0. The largest absolute Gasteiger partial charge is 0.497 e. The van der Waals surface area contributed by atoms with Gasteiger partial charge in [0.2, 0.25) is 0 Å². The molecule has 1 aromatic carbocycles. The Kier molecular flexibility index (Phi) is 4.44. The van der Waals surface area contributed by atoms with Crippen LogP contribution < -0.4 is 10.5 Å². The number of benzene rings is 1. The van der Waals surface area contributed by atoms with Gasteiger partial charge in [-0.2, -0.15) is 0 Å². The first-order valence-corrected chi connectivity index (χ1v) is 6.48. The minimum Gasteiger partial charge on any atom is -0.497 e. The molecule has 4 nitrogen and oxygen atoms in total. The summed E-state index contributed by atoms with van der Waals surface area (Å²) in [5.74, 6) is 1.22. The summed E-state index contributed by atoms with van der Waals surface area (Å²) in [6.45, 7) is 3.22. The van der Waals surface area contributed by atoms with Gasteiger partial charge in [0.05, 0.1) is 7.11 Å². The third-order valence-electron chi connectivity index (χ3n) is 3.49. The van der Waals surface area contributed by atoms with E-state index in [9.17, 15) is 5.11 Å². The van der Waals surface area contributed by atoms with Crippen LogP contribution in [-0.4, -0.2) is 36.8 Å². The number of aliphatic hydroxyl groups is 1. The fraction of sp³-hybridized carbons (Fsp3) is 0.571. The lowest BCUT2D eigenvalue weighted by Gasteiger charge is -2.31. The Morgan fingerprint density at radius 2 is 2.28 bits per heavy atom. The summed E-state index contributed by atoms with van der Waals surface area (Å²) >= 11 is 0. The summed E-state index contributed by atoms with van der Waals surface area (Å²) < 4.78 is 5.23. The van der Waals surface area contributed by atoms with Crippen molar-refractivity contribution in [2.75, 3.05) is 32.5 Å². The molecule has 0 saturated carbocycles. The number of anilines is 1. The van der Waals surface area contributed by atoms with Crippen LogP contribution in [0.4, 0.5) is 5.69 Å². The molecular weight excluding hydrogens is 228 g/mol. The highest BCUT2D eigenvalue weighted by atomic mass is 16.5. The first kappa shape index (κ1) is 13.2. The lowest BCUT2D eigenvalue weighted by atomic mass is 9.98. The van der Waals surface area contributed by atoms with E-state index in [0.717, 1.165) is 43.9 Å². The minimum absolute atomic E-state index is 0.288. The predicted octanol–water partition coefficient (Wildman–Crippen LogP) is 1.48.